The molecule has 27 heavy (non-hydrogen) atoms. The maximum absolute atomic E-state index is 8.78. The standard InChI is InChI=1S/C19H23N5O2.ClH/c25-13-6-2-5-12-20-15-16-8-7-11-18(14-16)26-19-21-22-23-24(19)17-9-3-1-4-10-17;/h1,3-4,7-11,14,20,25H,2,5-6,12-13,15H2;1H. The molecule has 0 aliphatic carbocycles. The van der Waals surface area contributed by atoms with Gasteiger partial charge < -0.3 is 15.2 Å². The highest BCUT2D eigenvalue weighted by Gasteiger charge is 2.10. The van der Waals surface area contributed by atoms with Gasteiger partial charge in [0, 0.05) is 13.2 Å². The minimum atomic E-state index is 0. The van der Waals surface area contributed by atoms with E-state index in [1.54, 1.807) is 4.68 Å². The van der Waals surface area contributed by atoms with Crippen LogP contribution in [0.2, 0.25) is 0 Å². The molecule has 3 rings (SSSR count). The number of hydrogen-bond acceptors (Lipinski definition) is 6. The van der Waals surface area contributed by atoms with Crippen molar-refractivity contribution >= 4 is 12.4 Å². The van der Waals surface area contributed by atoms with Crippen molar-refractivity contribution in [3.05, 3.63) is 60.2 Å². The quantitative estimate of drug-likeness (QED) is 0.518. The molecule has 0 saturated carbocycles. The molecule has 2 aromatic carbocycles. The van der Waals surface area contributed by atoms with Gasteiger partial charge in [-0.05, 0) is 66.1 Å². The van der Waals surface area contributed by atoms with Crippen LogP contribution >= 0.6 is 12.4 Å². The van der Waals surface area contributed by atoms with Gasteiger partial charge in [-0.3, -0.25) is 0 Å². The molecule has 0 fully saturated rings. The number of nitrogens with zero attached hydrogens (tertiary/aromatic N) is 4. The fraction of sp³-hybridized carbons (Fsp3) is 0.316. The third-order valence-electron chi connectivity index (χ3n) is 3.89. The molecule has 0 spiro atoms. The number of nitrogens with one attached hydrogen (secondary N) is 1. The van der Waals surface area contributed by atoms with Crippen molar-refractivity contribution in [3.8, 4) is 17.4 Å². The van der Waals surface area contributed by atoms with E-state index in [1.807, 2.05) is 54.6 Å². The average Bonchev–Trinajstić information content (AvgIpc) is 3.14. The fourth-order valence-corrected chi connectivity index (χ4v) is 2.57. The topological polar surface area (TPSA) is 85.1 Å². The van der Waals surface area contributed by atoms with Gasteiger partial charge >= 0.3 is 6.01 Å². The molecule has 0 bridgehead atoms. The Bertz CT molecular complexity index is 798. The summed E-state index contributed by atoms with van der Waals surface area (Å²) >= 11 is 0. The second-order valence-corrected chi connectivity index (χ2v) is 5.92. The Kier molecular flexibility index (Phi) is 8.70. The molecule has 0 saturated heterocycles. The predicted molar refractivity (Wildman–Crippen MR) is 106 cm³/mol. The first-order valence-corrected chi connectivity index (χ1v) is 8.79. The highest BCUT2D eigenvalue weighted by atomic mass is 35.5. The monoisotopic (exact) mass is 389 g/mol. The van der Waals surface area contributed by atoms with E-state index in [0.717, 1.165) is 43.6 Å². The van der Waals surface area contributed by atoms with Gasteiger partial charge in [0.1, 0.15) is 5.75 Å². The van der Waals surface area contributed by atoms with Crippen LogP contribution in [0.4, 0.5) is 0 Å². The van der Waals surface area contributed by atoms with Crippen LogP contribution in [0.5, 0.6) is 11.8 Å². The molecule has 8 heteroatoms. The Morgan fingerprint density at radius 1 is 1.00 bits per heavy atom. The zero-order chi connectivity index (χ0) is 18.0. The summed E-state index contributed by atoms with van der Waals surface area (Å²) in [4.78, 5) is 0. The van der Waals surface area contributed by atoms with Gasteiger partial charge in [0.05, 0.1) is 5.69 Å². The summed E-state index contributed by atoms with van der Waals surface area (Å²) in [6, 6.07) is 17.8. The van der Waals surface area contributed by atoms with Gasteiger partial charge in [-0.25, -0.2) is 0 Å². The van der Waals surface area contributed by atoms with Crippen molar-refractivity contribution in [3.63, 3.8) is 0 Å². The first kappa shape index (κ1) is 20.8. The molecule has 1 aromatic heterocycles. The lowest BCUT2D eigenvalue weighted by Crippen LogP contribution is -2.14. The number of aliphatic hydroxyl groups excluding tert-OH is 1. The van der Waals surface area contributed by atoms with E-state index in [1.165, 1.54) is 0 Å². The van der Waals surface area contributed by atoms with E-state index in [0.29, 0.717) is 11.8 Å². The molecule has 0 radical (unpaired) electrons. The lowest BCUT2D eigenvalue weighted by Gasteiger charge is -2.08. The fourth-order valence-electron chi connectivity index (χ4n) is 2.57. The number of ether oxygens (including phenoxy) is 1. The second kappa shape index (κ2) is 11.3. The van der Waals surface area contributed by atoms with E-state index < -0.39 is 0 Å². The summed E-state index contributed by atoms with van der Waals surface area (Å²) in [7, 11) is 0. The van der Waals surface area contributed by atoms with Crippen molar-refractivity contribution < 1.29 is 9.84 Å². The number of benzene rings is 2. The van der Waals surface area contributed by atoms with Crippen molar-refractivity contribution in [1.82, 2.24) is 25.5 Å². The van der Waals surface area contributed by atoms with E-state index in [9.17, 15) is 0 Å². The Balaban J connectivity index is 0.00000261. The number of aliphatic hydroxyl groups is 1. The normalized spacial score (nSPS) is 10.4. The third kappa shape index (κ3) is 6.32. The van der Waals surface area contributed by atoms with Crippen LogP contribution in [-0.2, 0) is 6.54 Å². The number of rotatable bonds is 10. The maximum Gasteiger partial charge on any atom is 0.345 e. The van der Waals surface area contributed by atoms with E-state index in [4.69, 9.17) is 9.84 Å². The predicted octanol–water partition coefficient (Wildman–Crippen LogP) is 3.13. The summed E-state index contributed by atoms with van der Waals surface area (Å²) in [5.74, 6) is 0.691. The van der Waals surface area contributed by atoms with Crippen molar-refractivity contribution in [2.75, 3.05) is 13.2 Å². The van der Waals surface area contributed by atoms with Crippen LogP contribution in [0.25, 0.3) is 5.69 Å². The minimum Gasteiger partial charge on any atom is -0.423 e. The molecule has 3 aromatic rings. The molecule has 1 heterocycles. The van der Waals surface area contributed by atoms with E-state index in [-0.39, 0.29) is 19.0 Å². The van der Waals surface area contributed by atoms with Gasteiger partial charge in [0.25, 0.3) is 0 Å². The lowest BCUT2D eigenvalue weighted by atomic mass is 10.2. The molecule has 2 N–H and O–H groups in total. The minimum absolute atomic E-state index is 0. The first-order valence-electron chi connectivity index (χ1n) is 8.79. The molecule has 0 amide bonds. The molecule has 7 nitrogen and oxygen atoms in total. The zero-order valence-electron chi connectivity index (χ0n) is 15.0. The van der Waals surface area contributed by atoms with E-state index >= 15 is 0 Å². The van der Waals surface area contributed by atoms with Crippen LogP contribution in [-0.4, -0.2) is 38.5 Å². The summed E-state index contributed by atoms with van der Waals surface area (Å²) < 4.78 is 7.44. The van der Waals surface area contributed by atoms with Gasteiger partial charge in [-0.1, -0.05) is 35.4 Å². The second-order valence-electron chi connectivity index (χ2n) is 5.92. The van der Waals surface area contributed by atoms with Crippen molar-refractivity contribution in [2.45, 2.75) is 25.8 Å². The third-order valence-corrected chi connectivity index (χ3v) is 3.89. The average molecular weight is 390 g/mol. The van der Waals surface area contributed by atoms with Crippen LogP contribution in [0.3, 0.4) is 0 Å². The van der Waals surface area contributed by atoms with Crippen LogP contribution < -0.4 is 10.1 Å². The number of hydrogen-bond donors (Lipinski definition) is 2. The Labute approximate surface area is 164 Å². The largest absolute Gasteiger partial charge is 0.423 e. The highest BCUT2D eigenvalue weighted by Crippen LogP contribution is 2.22. The van der Waals surface area contributed by atoms with E-state index in [2.05, 4.69) is 20.8 Å². The summed E-state index contributed by atoms with van der Waals surface area (Å²) in [5.41, 5.74) is 1.97. The Morgan fingerprint density at radius 3 is 2.67 bits per heavy atom. The van der Waals surface area contributed by atoms with Gasteiger partial charge in [-0.2, -0.15) is 4.68 Å². The number of aromatic nitrogens is 4. The summed E-state index contributed by atoms with van der Waals surface area (Å²) in [5, 5.41) is 23.8. The highest BCUT2D eigenvalue weighted by molar-refractivity contribution is 5.85. The molecule has 0 unspecified atom stereocenters. The van der Waals surface area contributed by atoms with Crippen molar-refractivity contribution in [2.24, 2.45) is 0 Å². The van der Waals surface area contributed by atoms with Gasteiger partial charge in [-0.15, -0.1) is 12.4 Å². The molecular weight excluding hydrogens is 366 g/mol. The summed E-state index contributed by atoms with van der Waals surface area (Å²) in [6.45, 7) is 1.96. The maximum atomic E-state index is 8.78. The number of unbranched alkanes of at least 4 members (excludes halogenated alkanes) is 2. The smallest absolute Gasteiger partial charge is 0.345 e. The zero-order valence-corrected chi connectivity index (χ0v) is 15.8. The van der Waals surface area contributed by atoms with Gasteiger partial charge in [0.2, 0.25) is 0 Å². The van der Waals surface area contributed by atoms with Crippen LogP contribution in [0.15, 0.2) is 54.6 Å². The Hall–Kier alpha value is -2.48. The molecule has 0 aliphatic rings. The lowest BCUT2D eigenvalue weighted by molar-refractivity contribution is 0.283. The Morgan fingerprint density at radius 2 is 1.85 bits per heavy atom. The number of para-hydroxylation sites is 1. The first-order chi connectivity index (χ1) is 12.9. The van der Waals surface area contributed by atoms with Gasteiger partial charge in [0.15, 0.2) is 0 Å². The SMILES string of the molecule is Cl.OCCCCCNCc1cccc(Oc2nnnn2-c2ccccc2)c1. The summed E-state index contributed by atoms with van der Waals surface area (Å²) in [6.07, 6.45) is 2.96. The molecule has 0 aliphatic heterocycles. The van der Waals surface area contributed by atoms with Crippen LogP contribution in [0.1, 0.15) is 24.8 Å². The molecule has 0 atom stereocenters. The molecule has 144 valence electrons. The number of halogens is 1. The molecular formula is C19H24ClN5O2. The number of tetrazole rings is 1. The van der Waals surface area contributed by atoms with Crippen molar-refractivity contribution in [1.29, 1.82) is 0 Å². The van der Waals surface area contributed by atoms with Crippen LogP contribution in [0, 0.1) is 0 Å².